The molecule has 2 atom stereocenters. The maximum atomic E-state index is 12.4. The zero-order valence-corrected chi connectivity index (χ0v) is 28.6. The average molecular weight is 626 g/mol. The van der Waals surface area contributed by atoms with Gasteiger partial charge in [0.15, 0.2) is 0 Å². The summed E-state index contributed by atoms with van der Waals surface area (Å²) in [4.78, 5) is 12.4. The van der Waals surface area contributed by atoms with E-state index in [0.29, 0.717) is 12.8 Å². The summed E-state index contributed by atoms with van der Waals surface area (Å²) >= 11 is 0. The predicted octanol–water partition coefficient (Wildman–Crippen LogP) is 9.79. The summed E-state index contributed by atoms with van der Waals surface area (Å²) in [5.41, 5.74) is 0. The van der Waals surface area contributed by atoms with E-state index in [0.717, 1.165) is 51.4 Å². The summed E-state index contributed by atoms with van der Waals surface area (Å²) in [6, 6.07) is -1.07. The van der Waals surface area contributed by atoms with Crippen molar-refractivity contribution in [2.24, 2.45) is 0 Å². The lowest BCUT2D eigenvalue weighted by Crippen LogP contribution is -2.46. The van der Waals surface area contributed by atoms with Gasteiger partial charge in [-0.1, -0.05) is 147 Å². The van der Waals surface area contributed by atoms with E-state index in [1.54, 1.807) is 6.08 Å². The van der Waals surface area contributed by atoms with Gasteiger partial charge in [-0.25, -0.2) is 0 Å². The van der Waals surface area contributed by atoms with Gasteiger partial charge in [0.2, 0.25) is 5.91 Å². The minimum absolute atomic E-state index is 0.277. The highest BCUT2D eigenvalue weighted by Crippen LogP contribution is 2.13. The summed E-state index contributed by atoms with van der Waals surface area (Å²) in [5.74, 6) is -1.02. The lowest BCUT2D eigenvalue weighted by Gasteiger charge is -2.21. The molecule has 43 heavy (non-hydrogen) atoms. The van der Waals surface area contributed by atoms with Crippen LogP contribution in [0.5, 0.6) is 0 Å². The first-order chi connectivity index (χ1) is 20.8. The van der Waals surface area contributed by atoms with E-state index in [1.165, 1.54) is 89.5 Å². The van der Waals surface area contributed by atoms with Gasteiger partial charge in [-0.3, -0.25) is 9.35 Å². The molecule has 0 aliphatic carbocycles. The Morgan fingerprint density at radius 2 is 1.05 bits per heavy atom. The van der Waals surface area contributed by atoms with Crippen molar-refractivity contribution in [3.05, 3.63) is 36.5 Å². The van der Waals surface area contributed by atoms with E-state index in [1.807, 2.05) is 0 Å². The Bertz CT molecular complexity index is 821. The van der Waals surface area contributed by atoms with Gasteiger partial charge >= 0.3 is 0 Å². The Morgan fingerprint density at radius 1 is 0.605 bits per heavy atom. The van der Waals surface area contributed by atoms with Gasteiger partial charge in [-0.05, 0) is 51.4 Å². The molecule has 6 nitrogen and oxygen atoms in total. The lowest BCUT2D eigenvalue weighted by molar-refractivity contribution is -0.122. The quantitative estimate of drug-likeness (QED) is 0.0404. The summed E-state index contributed by atoms with van der Waals surface area (Å²) in [7, 11) is -4.35. The van der Waals surface area contributed by atoms with Crippen LogP contribution in [0.2, 0.25) is 0 Å². The first kappa shape index (κ1) is 41.6. The number of hydrogen-bond acceptors (Lipinski definition) is 4. The smallest absolute Gasteiger partial charge is 0.267 e. The molecule has 0 aliphatic heterocycles. The van der Waals surface area contributed by atoms with Crippen molar-refractivity contribution >= 4 is 16.0 Å². The van der Waals surface area contributed by atoms with E-state index < -0.39 is 28.0 Å². The normalized spacial score (nSPS) is 13.9. The van der Waals surface area contributed by atoms with Gasteiger partial charge < -0.3 is 10.4 Å². The Kier molecular flexibility index (Phi) is 29.6. The van der Waals surface area contributed by atoms with Crippen LogP contribution in [0.25, 0.3) is 0 Å². The maximum absolute atomic E-state index is 12.4. The first-order valence-corrected chi connectivity index (χ1v) is 19.3. The second kappa shape index (κ2) is 30.6. The third-order valence-electron chi connectivity index (χ3n) is 7.77. The van der Waals surface area contributed by atoms with Crippen molar-refractivity contribution in [1.82, 2.24) is 5.32 Å². The summed E-state index contributed by atoms with van der Waals surface area (Å²) in [6.07, 6.45) is 38.5. The molecule has 0 saturated carbocycles. The second-order valence-corrected chi connectivity index (χ2v) is 13.6. The number of aliphatic hydroxyl groups is 1. The Morgan fingerprint density at radius 3 is 1.56 bits per heavy atom. The number of unbranched alkanes of at least 4 members (excludes halogenated alkanes) is 19. The first-order valence-electron chi connectivity index (χ1n) is 17.7. The molecule has 7 heteroatoms. The van der Waals surface area contributed by atoms with Gasteiger partial charge in [0, 0.05) is 6.42 Å². The van der Waals surface area contributed by atoms with E-state index in [9.17, 15) is 22.9 Å². The monoisotopic (exact) mass is 625 g/mol. The molecule has 2 unspecified atom stereocenters. The summed E-state index contributed by atoms with van der Waals surface area (Å²) in [5, 5.41) is 13.1. The molecule has 0 fully saturated rings. The number of carbonyl (C=O) groups is 1. The fourth-order valence-corrected chi connectivity index (χ4v) is 5.85. The SMILES string of the molecule is CCC/C=C\CCCCCCCC(=O)NC(CS(=O)(=O)O)C(O)/C=C/CC/C=C/CCCCCCCCCCCCCC. The summed E-state index contributed by atoms with van der Waals surface area (Å²) < 4.78 is 32.3. The molecule has 0 aromatic heterocycles. The fraction of sp³-hybridized carbons (Fsp3) is 0.806. The zero-order valence-electron chi connectivity index (χ0n) is 27.8. The third kappa shape index (κ3) is 31.8. The molecule has 0 aromatic rings. The molecule has 0 saturated heterocycles. The molecule has 0 spiro atoms. The Labute approximate surface area is 266 Å². The zero-order chi connectivity index (χ0) is 31.9. The molecule has 0 bridgehead atoms. The molecular weight excluding hydrogens is 558 g/mol. The number of carbonyl (C=O) groups excluding carboxylic acids is 1. The van der Waals surface area contributed by atoms with Crippen LogP contribution in [-0.4, -0.2) is 41.9 Å². The van der Waals surface area contributed by atoms with Gasteiger partial charge in [0.1, 0.15) is 0 Å². The molecule has 252 valence electrons. The number of nitrogens with one attached hydrogen (secondary N) is 1. The van der Waals surface area contributed by atoms with Crippen molar-refractivity contribution < 1.29 is 22.9 Å². The number of amides is 1. The number of allylic oxidation sites excluding steroid dienone is 5. The average Bonchev–Trinajstić information content (AvgIpc) is 2.96. The third-order valence-corrected chi connectivity index (χ3v) is 8.55. The van der Waals surface area contributed by atoms with Gasteiger partial charge in [-0.2, -0.15) is 8.42 Å². The van der Waals surface area contributed by atoms with Crippen molar-refractivity contribution in [3.8, 4) is 0 Å². The highest BCUT2D eigenvalue weighted by Gasteiger charge is 2.24. The van der Waals surface area contributed by atoms with E-state index in [4.69, 9.17) is 0 Å². The van der Waals surface area contributed by atoms with Crippen LogP contribution >= 0.6 is 0 Å². The Hall–Kier alpha value is -1.44. The molecule has 0 aromatic carbocycles. The van der Waals surface area contributed by atoms with Crippen molar-refractivity contribution in [1.29, 1.82) is 0 Å². The Balaban J connectivity index is 4.04. The highest BCUT2D eigenvalue weighted by molar-refractivity contribution is 7.85. The van der Waals surface area contributed by atoms with Gasteiger partial charge in [-0.15, -0.1) is 0 Å². The molecular formula is C36H67NO5S. The molecule has 0 heterocycles. The van der Waals surface area contributed by atoms with Crippen LogP contribution in [0.4, 0.5) is 0 Å². The van der Waals surface area contributed by atoms with E-state index in [-0.39, 0.29) is 12.3 Å². The molecule has 0 rings (SSSR count). The van der Waals surface area contributed by atoms with Crippen LogP contribution in [0.1, 0.15) is 168 Å². The predicted molar refractivity (Wildman–Crippen MR) is 184 cm³/mol. The van der Waals surface area contributed by atoms with Crippen LogP contribution in [0.3, 0.4) is 0 Å². The van der Waals surface area contributed by atoms with Crippen molar-refractivity contribution in [2.75, 3.05) is 5.75 Å². The minimum Gasteiger partial charge on any atom is -0.387 e. The van der Waals surface area contributed by atoms with Crippen LogP contribution in [0, 0.1) is 0 Å². The van der Waals surface area contributed by atoms with E-state index >= 15 is 0 Å². The van der Waals surface area contributed by atoms with Gasteiger partial charge in [0.25, 0.3) is 10.1 Å². The van der Waals surface area contributed by atoms with Gasteiger partial charge in [0.05, 0.1) is 17.9 Å². The molecule has 0 radical (unpaired) electrons. The highest BCUT2D eigenvalue weighted by atomic mass is 32.2. The summed E-state index contributed by atoms with van der Waals surface area (Å²) in [6.45, 7) is 4.43. The second-order valence-electron chi connectivity index (χ2n) is 12.1. The largest absolute Gasteiger partial charge is 0.387 e. The molecule has 0 aliphatic rings. The number of rotatable bonds is 31. The standard InChI is InChI=1S/C36H67NO5S/c1-3-5-7-9-11-13-15-16-17-18-19-20-21-22-23-25-27-29-31-35(38)34(33-43(40,41)42)37-36(39)32-30-28-26-24-14-12-10-8-6-4-2/h8,10,22-23,29,31,34-35,38H,3-7,9,11-21,24-28,30,32-33H2,1-2H3,(H,37,39)(H,40,41,42)/b10-8-,23-22+,31-29+. The maximum Gasteiger partial charge on any atom is 0.267 e. The fourth-order valence-electron chi connectivity index (χ4n) is 5.11. The van der Waals surface area contributed by atoms with Crippen LogP contribution in [0.15, 0.2) is 36.5 Å². The molecule has 3 N–H and O–H groups in total. The number of aliphatic hydroxyl groups excluding tert-OH is 1. The van der Waals surface area contributed by atoms with Crippen molar-refractivity contribution in [2.45, 2.75) is 180 Å². The topological polar surface area (TPSA) is 104 Å². The molecule has 1 amide bonds. The minimum atomic E-state index is -4.35. The van der Waals surface area contributed by atoms with Crippen LogP contribution < -0.4 is 5.32 Å². The lowest BCUT2D eigenvalue weighted by atomic mass is 10.0. The van der Waals surface area contributed by atoms with Crippen LogP contribution in [-0.2, 0) is 14.9 Å². The van der Waals surface area contributed by atoms with E-state index in [2.05, 4.69) is 43.5 Å². The number of hydrogen-bond donors (Lipinski definition) is 3. The van der Waals surface area contributed by atoms with Crippen molar-refractivity contribution in [3.63, 3.8) is 0 Å².